The van der Waals surface area contributed by atoms with Gasteiger partial charge in [-0.1, -0.05) is 6.42 Å². The fourth-order valence-corrected chi connectivity index (χ4v) is 4.26. The number of amides is 2. The number of hydrogen-bond donors (Lipinski definition) is 0. The first-order valence-electron chi connectivity index (χ1n) is 10.6. The third-order valence-corrected chi connectivity index (χ3v) is 5.56. The molecule has 2 amide bonds. The molecule has 2 fully saturated rings. The molecule has 2 saturated heterocycles. The first-order chi connectivity index (χ1) is 12.6. The van der Waals surface area contributed by atoms with Gasteiger partial charge in [0, 0.05) is 32.7 Å². The number of carbonyl (C=O) groups excluding carboxylic acids is 2. The summed E-state index contributed by atoms with van der Waals surface area (Å²) < 4.78 is 5.45. The second-order valence-electron chi connectivity index (χ2n) is 9.50. The van der Waals surface area contributed by atoms with Gasteiger partial charge in [0.15, 0.2) is 0 Å². The number of ether oxygens (including phenoxy) is 1. The Bertz CT molecular complexity index is 515. The van der Waals surface area contributed by atoms with Gasteiger partial charge in [-0.05, 0) is 72.8 Å². The Morgan fingerprint density at radius 2 is 1.81 bits per heavy atom. The molecule has 2 heterocycles. The fraction of sp³-hybridized carbons (Fsp3) is 0.905. The second kappa shape index (κ2) is 9.26. The molecule has 2 aliphatic rings. The smallest absolute Gasteiger partial charge is 0.410 e. The summed E-state index contributed by atoms with van der Waals surface area (Å²) in [7, 11) is 1.79. The summed E-state index contributed by atoms with van der Waals surface area (Å²) in [6.45, 7) is 13.2. The first kappa shape index (κ1) is 22.0. The molecule has 0 spiro atoms. The lowest BCUT2D eigenvalue weighted by atomic mass is 9.94. The lowest BCUT2D eigenvalue weighted by Gasteiger charge is -2.42. The van der Waals surface area contributed by atoms with E-state index in [1.165, 1.54) is 6.42 Å². The van der Waals surface area contributed by atoms with Crippen molar-refractivity contribution >= 4 is 12.0 Å². The molecule has 0 aromatic heterocycles. The van der Waals surface area contributed by atoms with Gasteiger partial charge in [0.25, 0.3) is 0 Å². The van der Waals surface area contributed by atoms with Gasteiger partial charge in [-0.2, -0.15) is 0 Å². The Kier molecular flexibility index (Phi) is 7.55. The topological polar surface area (TPSA) is 53.1 Å². The highest BCUT2D eigenvalue weighted by atomic mass is 16.6. The highest BCUT2D eigenvalue weighted by Crippen LogP contribution is 2.25. The van der Waals surface area contributed by atoms with Crippen LogP contribution in [0.25, 0.3) is 0 Å². The summed E-state index contributed by atoms with van der Waals surface area (Å²) in [6.07, 6.45) is 5.06. The number of nitrogens with zero attached hydrogens (tertiary/aromatic N) is 3. The Morgan fingerprint density at radius 1 is 1.11 bits per heavy atom. The molecule has 0 aromatic carbocycles. The summed E-state index contributed by atoms with van der Waals surface area (Å²) in [5.74, 6) is 0.601. The van der Waals surface area contributed by atoms with Crippen molar-refractivity contribution in [2.24, 2.45) is 5.92 Å². The van der Waals surface area contributed by atoms with Crippen molar-refractivity contribution in [1.82, 2.24) is 14.7 Å². The molecule has 0 aromatic rings. The average molecular weight is 382 g/mol. The maximum absolute atomic E-state index is 13.2. The lowest BCUT2D eigenvalue weighted by Crippen LogP contribution is -2.55. The van der Waals surface area contributed by atoms with E-state index < -0.39 is 5.60 Å². The molecule has 0 N–H and O–H groups in total. The maximum Gasteiger partial charge on any atom is 0.410 e. The van der Waals surface area contributed by atoms with Gasteiger partial charge in [-0.3, -0.25) is 9.69 Å². The van der Waals surface area contributed by atoms with Crippen LogP contribution in [-0.2, 0) is 9.53 Å². The number of piperidine rings is 2. The van der Waals surface area contributed by atoms with Crippen LogP contribution in [0.1, 0.15) is 66.7 Å². The summed E-state index contributed by atoms with van der Waals surface area (Å²) in [5.41, 5.74) is -0.485. The van der Waals surface area contributed by atoms with Crippen molar-refractivity contribution in [3.63, 3.8) is 0 Å². The van der Waals surface area contributed by atoms with Gasteiger partial charge in [0.05, 0.1) is 6.04 Å². The van der Waals surface area contributed by atoms with Gasteiger partial charge in [-0.25, -0.2) is 4.79 Å². The van der Waals surface area contributed by atoms with E-state index in [1.807, 2.05) is 25.7 Å². The van der Waals surface area contributed by atoms with Crippen LogP contribution >= 0.6 is 0 Å². The van der Waals surface area contributed by atoms with Crippen molar-refractivity contribution in [3.8, 4) is 0 Å². The molecule has 6 heteroatoms. The van der Waals surface area contributed by atoms with Crippen molar-refractivity contribution < 1.29 is 14.3 Å². The van der Waals surface area contributed by atoms with E-state index in [-0.39, 0.29) is 18.0 Å². The molecule has 156 valence electrons. The molecule has 2 unspecified atom stereocenters. The molecule has 27 heavy (non-hydrogen) atoms. The minimum absolute atomic E-state index is 0.0288. The molecular formula is C21H39N3O3. The van der Waals surface area contributed by atoms with Crippen LogP contribution in [0.3, 0.4) is 0 Å². The van der Waals surface area contributed by atoms with E-state index in [9.17, 15) is 9.59 Å². The quantitative estimate of drug-likeness (QED) is 0.749. The highest BCUT2D eigenvalue weighted by Gasteiger charge is 2.35. The van der Waals surface area contributed by atoms with E-state index in [0.29, 0.717) is 18.5 Å². The van der Waals surface area contributed by atoms with Crippen LogP contribution in [0.15, 0.2) is 0 Å². The molecule has 0 radical (unpaired) electrons. The van der Waals surface area contributed by atoms with Crippen molar-refractivity contribution in [1.29, 1.82) is 0 Å². The number of rotatable bonds is 4. The van der Waals surface area contributed by atoms with Crippen LogP contribution in [0.5, 0.6) is 0 Å². The van der Waals surface area contributed by atoms with Crippen LogP contribution in [0.2, 0.25) is 0 Å². The number of hydrogen-bond acceptors (Lipinski definition) is 4. The molecule has 6 nitrogen and oxygen atoms in total. The van der Waals surface area contributed by atoms with E-state index >= 15 is 0 Å². The lowest BCUT2D eigenvalue weighted by molar-refractivity contribution is -0.141. The predicted octanol–water partition coefficient (Wildman–Crippen LogP) is 3.35. The Hall–Kier alpha value is -1.30. The molecule has 0 saturated carbocycles. The number of carbonyl (C=O) groups is 2. The Labute approximate surface area is 165 Å². The first-order valence-corrected chi connectivity index (χ1v) is 10.6. The molecule has 0 aliphatic carbocycles. The summed E-state index contributed by atoms with van der Waals surface area (Å²) in [6, 6.07) is 0.430. The zero-order valence-electron chi connectivity index (χ0n) is 18.2. The van der Waals surface area contributed by atoms with E-state index in [2.05, 4.69) is 18.7 Å². The maximum atomic E-state index is 13.2. The van der Waals surface area contributed by atoms with Crippen LogP contribution in [0.4, 0.5) is 4.79 Å². The fourth-order valence-electron chi connectivity index (χ4n) is 4.26. The molecule has 2 aliphatic heterocycles. The zero-order valence-corrected chi connectivity index (χ0v) is 18.2. The molecular weight excluding hydrogens is 342 g/mol. The highest BCUT2D eigenvalue weighted by molar-refractivity contribution is 5.82. The summed E-state index contributed by atoms with van der Waals surface area (Å²) in [4.78, 5) is 31.5. The minimum Gasteiger partial charge on any atom is -0.444 e. The van der Waals surface area contributed by atoms with E-state index in [1.54, 1.807) is 11.9 Å². The monoisotopic (exact) mass is 381 g/mol. The summed E-state index contributed by atoms with van der Waals surface area (Å²) in [5, 5.41) is 0. The largest absolute Gasteiger partial charge is 0.444 e. The van der Waals surface area contributed by atoms with Gasteiger partial charge in [-0.15, -0.1) is 0 Å². The van der Waals surface area contributed by atoms with Gasteiger partial charge < -0.3 is 14.5 Å². The van der Waals surface area contributed by atoms with Crippen molar-refractivity contribution in [2.45, 2.75) is 84.4 Å². The van der Waals surface area contributed by atoms with Crippen LogP contribution in [-0.4, -0.2) is 77.6 Å². The Balaban J connectivity index is 1.92. The third-order valence-electron chi connectivity index (χ3n) is 5.56. The predicted molar refractivity (Wildman–Crippen MR) is 108 cm³/mol. The van der Waals surface area contributed by atoms with E-state index in [4.69, 9.17) is 4.74 Å². The minimum atomic E-state index is -0.485. The van der Waals surface area contributed by atoms with Gasteiger partial charge in [0.2, 0.25) is 5.91 Å². The van der Waals surface area contributed by atoms with Crippen molar-refractivity contribution in [2.75, 3.05) is 33.2 Å². The summed E-state index contributed by atoms with van der Waals surface area (Å²) >= 11 is 0. The van der Waals surface area contributed by atoms with Gasteiger partial charge >= 0.3 is 6.09 Å². The van der Waals surface area contributed by atoms with Crippen molar-refractivity contribution in [3.05, 3.63) is 0 Å². The van der Waals surface area contributed by atoms with Crippen LogP contribution in [0, 0.1) is 5.92 Å². The van der Waals surface area contributed by atoms with E-state index in [0.717, 1.165) is 45.3 Å². The normalized spacial score (nSPS) is 24.8. The number of likely N-dealkylation sites (tertiary alicyclic amines) is 2. The van der Waals surface area contributed by atoms with Gasteiger partial charge in [0.1, 0.15) is 5.60 Å². The van der Waals surface area contributed by atoms with Crippen LogP contribution < -0.4 is 0 Å². The SMILES string of the molecule is CC(C)N1CCCCC1C(=O)N1CCCC(CN(C)C(=O)OC(C)(C)C)C1. The second-order valence-corrected chi connectivity index (χ2v) is 9.50. The molecule has 0 bridgehead atoms. The molecule has 2 rings (SSSR count). The molecule has 2 atom stereocenters. The Morgan fingerprint density at radius 3 is 2.44 bits per heavy atom. The average Bonchev–Trinajstić information content (AvgIpc) is 2.59. The third kappa shape index (κ3) is 6.37. The standard InChI is InChI=1S/C21H39N3O3/c1-16(2)24-13-8-7-11-18(24)19(25)23-12-9-10-17(15-23)14-22(6)20(26)27-21(3,4)5/h16-18H,7-15H2,1-6H3. The zero-order chi connectivity index (χ0) is 20.2.